The van der Waals surface area contributed by atoms with Crippen LogP contribution in [0, 0.1) is 5.92 Å². The van der Waals surface area contributed by atoms with Crippen molar-refractivity contribution in [2.75, 3.05) is 46.2 Å². The molecule has 0 aromatic carbocycles. The quantitative estimate of drug-likeness (QED) is 0.468. The minimum atomic E-state index is 0.0417. The van der Waals surface area contributed by atoms with E-state index in [-0.39, 0.29) is 13.2 Å². The van der Waals surface area contributed by atoms with E-state index in [1.165, 1.54) is 19.3 Å². The van der Waals surface area contributed by atoms with Gasteiger partial charge in [-0.25, -0.2) is 0 Å². The SMILES string of the molecule is CCCCC(CC)CO.OCCOCCOCCO. The topological polar surface area (TPSA) is 79.2 Å². The van der Waals surface area contributed by atoms with E-state index in [9.17, 15) is 0 Å². The van der Waals surface area contributed by atoms with Crippen LogP contribution < -0.4 is 0 Å². The van der Waals surface area contributed by atoms with Crippen molar-refractivity contribution in [1.82, 2.24) is 0 Å². The molecule has 0 heterocycles. The molecule has 0 aromatic heterocycles. The van der Waals surface area contributed by atoms with Crippen LogP contribution in [-0.4, -0.2) is 61.6 Å². The van der Waals surface area contributed by atoms with Crippen LogP contribution in [0.2, 0.25) is 0 Å². The maximum Gasteiger partial charge on any atom is 0.0701 e. The highest BCUT2D eigenvalue weighted by molar-refractivity contribution is 4.53. The maximum absolute atomic E-state index is 8.75. The molecule has 0 aliphatic carbocycles. The van der Waals surface area contributed by atoms with Gasteiger partial charge in [0.05, 0.1) is 39.6 Å². The van der Waals surface area contributed by atoms with Crippen LogP contribution in [-0.2, 0) is 9.47 Å². The number of rotatable bonds is 12. The fraction of sp³-hybridized carbons (Fsp3) is 1.00. The Kier molecular flexibility index (Phi) is 22.4. The molecule has 0 rings (SSSR count). The molecule has 0 spiro atoms. The fourth-order valence-electron chi connectivity index (χ4n) is 1.37. The monoisotopic (exact) mass is 280 g/mol. The van der Waals surface area contributed by atoms with Crippen LogP contribution in [0.4, 0.5) is 0 Å². The second-order valence-corrected chi connectivity index (χ2v) is 4.27. The molecule has 0 saturated carbocycles. The summed E-state index contributed by atoms with van der Waals surface area (Å²) in [5, 5.41) is 25.3. The first kappa shape index (κ1) is 21.1. The third kappa shape index (κ3) is 20.3. The van der Waals surface area contributed by atoms with Crippen LogP contribution in [0.25, 0.3) is 0 Å². The number of ether oxygens (including phenoxy) is 2. The van der Waals surface area contributed by atoms with E-state index in [0.717, 1.165) is 6.42 Å². The normalized spacial score (nSPS) is 11.8. The fourth-order valence-corrected chi connectivity index (χ4v) is 1.37. The van der Waals surface area contributed by atoms with Crippen LogP contribution in [0.3, 0.4) is 0 Å². The second-order valence-electron chi connectivity index (χ2n) is 4.27. The Hall–Kier alpha value is -0.200. The first-order valence-electron chi connectivity index (χ1n) is 7.24. The lowest BCUT2D eigenvalue weighted by Gasteiger charge is -2.08. The lowest BCUT2D eigenvalue weighted by atomic mass is 10.0. The minimum Gasteiger partial charge on any atom is -0.396 e. The van der Waals surface area contributed by atoms with Crippen molar-refractivity contribution in [2.24, 2.45) is 5.92 Å². The van der Waals surface area contributed by atoms with Crippen LogP contribution >= 0.6 is 0 Å². The summed E-state index contributed by atoms with van der Waals surface area (Å²) in [4.78, 5) is 0. The zero-order valence-electron chi connectivity index (χ0n) is 12.5. The van der Waals surface area contributed by atoms with Gasteiger partial charge in [-0.2, -0.15) is 0 Å². The number of unbranched alkanes of at least 4 members (excludes halogenated alkanes) is 1. The van der Waals surface area contributed by atoms with Gasteiger partial charge in [0.25, 0.3) is 0 Å². The van der Waals surface area contributed by atoms with E-state index in [1.807, 2.05) is 0 Å². The predicted octanol–water partition coefficient (Wildman–Crippen LogP) is 1.20. The molecule has 118 valence electrons. The van der Waals surface area contributed by atoms with E-state index in [1.54, 1.807) is 0 Å². The van der Waals surface area contributed by atoms with Crippen molar-refractivity contribution in [1.29, 1.82) is 0 Å². The van der Waals surface area contributed by atoms with Crippen molar-refractivity contribution in [3.63, 3.8) is 0 Å². The molecule has 0 aliphatic heterocycles. The predicted molar refractivity (Wildman–Crippen MR) is 76.2 cm³/mol. The summed E-state index contributed by atoms with van der Waals surface area (Å²) < 4.78 is 9.75. The van der Waals surface area contributed by atoms with Crippen molar-refractivity contribution < 1.29 is 24.8 Å². The molecule has 0 fully saturated rings. The summed E-state index contributed by atoms with van der Waals surface area (Å²) in [7, 11) is 0. The Morgan fingerprint density at radius 1 is 0.842 bits per heavy atom. The van der Waals surface area contributed by atoms with Gasteiger partial charge in [-0.1, -0.05) is 33.1 Å². The largest absolute Gasteiger partial charge is 0.396 e. The Morgan fingerprint density at radius 3 is 1.68 bits per heavy atom. The summed E-state index contributed by atoms with van der Waals surface area (Å²) in [5.74, 6) is 0.560. The Labute approximate surface area is 117 Å². The third-order valence-corrected chi connectivity index (χ3v) is 2.64. The van der Waals surface area contributed by atoms with Gasteiger partial charge in [-0.3, -0.25) is 0 Å². The van der Waals surface area contributed by atoms with Gasteiger partial charge in [0.2, 0.25) is 0 Å². The van der Waals surface area contributed by atoms with E-state index in [0.29, 0.717) is 39.0 Å². The summed E-state index contributed by atoms with van der Waals surface area (Å²) >= 11 is 0. The first-order valence-corrected chi connectivity index (χ1v) is 7.24. The lowest BCUT2D eigenvalue weighted by Crippen LogP contribution is -2.09. The second kappa shape index (κ2) is 20.1. The highest BCUT2D eigenvalue weighted by atomic mass is 16.5. The molecule has 0 amide bonds. The average Bonchev–Trinajstić information content (AvgIpc) is 2.45. The highest BCUT2D eigenvalue weighted by Gasteiger charge is 2.01. The molecule has 0 bridgehead atoms. The van der Waals surface area contributed by atoms with Gasteiger partial charge in [-0.05, 0) is 12.3 Å². The molecule has 19 heavy (non-hydrogen) atoms. The Bertz CT molecular complexity index is 132. The van der Waals surface area contributed by atoms with Crippen molar-refractivity contribution in [3.8, 4) is 0 Å². The summed E-state index contributed by atoms with van der Waals surface area (Å²) in [6, 6.07) is 0. The number of hydrogen-bond acceptors (Lipinski definition) is 5. The van der Waals surface area contributed by atoms with Gasteiger partial charge in [0, 0.05) is 6.61 Å². The minimum absolute atomic E-state index is 0.0417. The van der Waals surface area contributed by atoms with E-state index >= 15 is 0 Å². The molecule has 0 aliphatic rings. The van der Waals surface area contributed by atoms with Gasteiger partial charge in [-0.15, -0.1) is 0 Å². The van der Waals surface area contributed by atoms with Gasteiger partial charge in [0.15, 0.2) is 0 Å². The van der Waals surface area contributed by atoms with Crippen molar-refractivity contribution in [3.05, 3.63) is 0 Å². The Morgan fingerprint density at radius 2 is 1.37 bits per heavy atom. The molecule has 1 unspecified atom stereocenters. The molecule has 1 atom stereocenters. The summed E-state index contributed by atoms with van der Waals surface area (Å²) in [5.41, 5.74) is 0. The third-order valence-electron chi connectivity index (χ3n) is 2.64. The van der Waals surface area contributed by atoms with Crippen molar-refractivity contribution in [2.45, 2.75) is 39.5 Å². The molecule has 0 aromatic rings. The molecule has 0 radical (unpaired) electrons. The van der Waals surface area contributed by atoms with E-state index < -0.39 is 0 Å². The molecule has 0 saturated heterocycles. The van der Waals surface area contributed by atoms with Crippen LogP contribution in [0.5, 0.6) is 0 Å². The zero-order valence-corrected chi connectivity index (χ0v) is 12.5. The first-order chi connectivity index (χ1) is 9.26. The molecular formula is C14H32O5. The molecule has 5 nitrogen and oxygen atoms in total. The maximum atomic E-state index is 8.75. The standard InChI is InChI=1S/C8H18O.C6H14O4/c1-3-5-6-8(4-2)7-9;7-1-3-9-5-6-10-4-2-8/h8-9H,3-7H2,1-2H3;7-8H,1-6H2. The van der Waals surface area contributed by atoms with E-state index in [2.05, 4.69) is 13.8 Å². The zero-order chi connectivity index (χ0) is 14.8. The molecule has 5 heteroatoms. The number of hydrogen-bond donors (Lipinski definition) is 3. The molecular weight excluding hydrogens is 248 g/mol. The number of aliphatic hydroxyl groups excluding tert-OH is 3. The highest BCUT2D eigenvalue weighted by Crippen LogP contribution is 2.10. The van der Waals surface area contributed by atoms with Gasteiger partial charge >= 0.3 is 0 Å². The smallest absolute Gasteiger partial charge is 0.0701 e. The number of aliphatic hydroxyl groups is 3. The summed E-state index contributed by atoms with van der Waals surface area (Å²) in [6.07, 6.45) is 4.83. The average molecular weight is 280 g/mol. The van der Waals surface area contributed by atoms with Gasteiger partial charge in [0.1, 0.15) is 0 Å². The Balaban J connectivity index is 0. The van der Waals surface area contributed by atoms with Gasteiger partial charge < -0.3 is 24.8 Å². The lowest BCUT2D eigenvalue weighted by molar-refractivity contribution is 0.0222. The molecule has 3 N–H and O–H groups in total. The van der Waals surface area contributed by atoms with Crippen LogP contribution in [0.15, 0.2) is 0 Å². The van der Waals surface area contributed by atoms with E-state index in [4.69, 9.17) is 24.8 Å². The summed E-state index contributed by atoms with van der Waals surface area (Å²) in [6.45, 7) is 6.42. The van der Waals surface area contributed by atoms with Crippen molar-refractivity contribution >= 4 is 0 Å². The van der Waals surface area contributed by atoms with Crippen LogP contribution in [0.1, 0.15) is 39.5 Å².